The Morgan fingerprint density at radius 3 is 2.58 bits per heavy atom. The number of aromatic nitrogens is 3. The highest BCUT2D eigenvalue weighted by atomic mass is 16.2. The number of hydrogen-bond acceptors (Lipinski definition) is 4. The summed E-state index contributed by atoms with van der Waals surface area (Å²) < 4.78 is 0. The first kappa shape index (κ1) is 14.9. The van der Waals surface area contributed by atoms with Gasteiger partial charge in [-0.15, -0.1) is 0 Å². The van der Waals surface area contributed by atoms with Gasteiger partial charge in [0.05, 0.1) is 24.4 Å². The molecule has 0 saturated carbocycles. The van der Waals surface area contributed by atoms with E-state index in [4.69, 9.17) is 0 Å². The fraction of sp³-hybridized carbons (Fsp3) is 0.412. The van der Waals surface area contributed by atoms with E-state index in [0.717, 1.165) is 12.1 Å². The van der Waals surface area contributed by atoms with Crippen LogP contribution in [-0.4, -0.2) is 51.3 Å². The van der Waals surface area contributed by atoms with Crippen molar-refractivity contribution >= 4 is 17.5 Å². The Morgan fingerprint density at radius 1 is 1.08 bits per heavy atom. The Balaban J connectivity index is 1.42. The molecule has 2 saturated heterocycles. The molecule has 2 atom stereocenters. The normalized spacial score (nSPS) is 23.9. The first-order valence-corrected chi connectivity index (χ1v) is 8.22. The molecular formula is C17H19N5O2. The second kappa shape index (κ2) is 6.07. The Kier molecular flexibility index (Phi) is 3.76. The second-order valence-electron chi connectivity index (χ2n) is 6.32. The smallest absolute Gasteiger partial charge is 0.228 e. The Morgan fingerprint density at radius 2 is 1.83 bits per heavy atom. The average Bonchev–Trinajstić information content (AvgIpc) is 3.35. The molecule has 7 nitrogen and oxygen atoms in total. The lowest BCUT2D eigenvalue weighted by Crippen LogP contribution is -2.36. The number of carbonyl (C=O) groups is 2. The highest BCUT2D eigenvalue weighted by Gasteiger charge is 2.39. The van der Waals surface area contributed by atoms with Gasteiger partial charge in [0.2, 0.25) is 11.8 Å². The van der Waals surface area contributed by atoms with Crippen LogP contribution in [0.15, 0.2) is 42.7 Å². The molecule has 0 aliphatic carbocycles. The van der Waals surface area contributed by atoms with Gasteiger partial charge in [-0.05, 0) is 18.6 Å². The van der Waals surface area contributed by atoms with E-state index in [0.29, 0.717) is 19.6 Å². The Hall–Kier alpha value is -2.70. The van der Waals surface area contributed by atoms with Crippen LogP contribution in [0.5, 0.6) is 0 Å². The predicted octanol–water partition coefficient (Wildman–Crippen LogP) is 1.10. The zero-order valence-electron chi connectivity index (χ0n) is 13.3. The maximum absolute atomic E-state index is 12.8. The van der Waals surface area contributed by atoms with Gasteiger partial charge in [-0.2, -0.15) is 15.0 Å². The summed E-state index contributed by atoms with van der Waals surface area (Å²) in [5.41, 5.74) is 0.859. The molecule has 1 aromatic heterocycles. The molecule has 1 aromatic carbocycles. The van der Waals surface area contributed by atoms with Gasteiger partial charge in [-0.25, -0.2) is 0 Å². The van der Waals surface area contributed by atoms with Crippen LogP contribution in [0.25, 0.3) is 0 Å². The number of rotatable bonds is 3. The number of amides is 2. The molecule has 2 aliphatic heterocycles. The molecule has 4 rings (SSSR count). The third-order valence-electron chi connectivity index (χ3n) is 4.78. The van der Waals surface area contributed by atoms with Crippen LogP contribution in [0, 0.1) is 5.92 Å². The van der Waals surface area contributed by atoms with Gasteiger partial charge >= 0.3 is 0 Å². The van der Waals surface area contributed by atoms with Crippen LogP contribution in [0.3, 0.4) is 0 Å². The summed E-state index contributed by atoms with van der Waals surface area (Å²) in [5.74, 6) is -0.178. The maximum atomic E-state index is 12.8. The average molecular weight is 325 g/mol. The molecule has 2 fully saturated rings. The summed E-state index contributed by atoms with van der Waals surface area (Å²) in [4.78, 5) is 30.3. The SMILES string of the molecule is O=C(C1CC(=O)N(c2ccccc2)C1)N1CCC(n2nccn2)C1. The van der Waals surface area contributed by atoms with E-state index < -0.39 is 0 Å². The molecule has 0 N–H and O–H groups in total. The van der Waals surface area contributed by atoms with Crippen LogP contribution >= 0.6 is 0 Å². The molecule has 0 spiro atoms. The van der Waals surface area contributed by atoms with Crippen molar-refractivity contribution < 1.29 is 9.59 Å². The zero-order valence-corrected chi connectivity index (χ0v) is 13.3. The minimum atomic E-state index is -0.262. The van der Waals surface area contributed by atoms with Gasteiger partial charge in [0.1, 0.15) is 0 Å². The molecule has 0 radical (unpaired) electrons. The molecule has 24 heavy (non-hydrogen) atoms. The Bertz CT molecular complexity index is 731. The topological polar surface area (TPSA) is 71.3 Å². The van der Waals surface area contributed by atoms with E-state index in [1.165, 1.54) is 0 Å². The first-order valence-electron chi connectivity index (χ1n) is 8.22. The number of hydrogen-bond donors (Lipinski definition) is 0. The van der Waals surface area contributed by atoms with Crippen molar-refractivity contribution in [1.82, 2.24) is 19.9 Å². The van der Waals surface area contributed by atoms with Gasteiger partial charge in [0.25, 0.3) is 0 Å². The Labute approximate surface area is 139 Å². The van der Waals surface area contributed by atoms with E-state index >= 15 is 0 Å². The van der Waals surface area contributed by atoms with Crippen LogP contribution in [-0.2, 0) is 9.59 Å². The van der Waals surface area contributed by atoms with Crippen molar-refractivity contribution in [1.29, 1.82) is 0 Å². The summed E-state index contributed by atoms with van der Waals surface area (Å²) in [5, 5.41) is 8.32. The first-order chi connectivity index (χ1) is 11.7. The third kappa shape index (κ3) is 2.66. The quantitative estimate of drug-likeness (QED) is 0.847. The molecule has 124 valence electrons. The minimum Gasteiger partial charge on any atom is -0.340 e. The van der Waals surface area contributed by atoms with Gasteiger partial charge in [0, 0.05) is 31.7 Å². The molecule has 2 amide bonds. The maximum Gasteiger partial charge on any atom is 0.228 e. The largest absolute Gasteiger partial charge is 0.340 e. The lowest BCUT2D eigenvalue weighted by atomic mass is 10.1. The minimum absolute atomic E-state index is 0.0176. The van der Waals surface area contributed by atoms with Crippen LogP contribution in [0.2, 0.25) is 0 Å². The van der Waals surface area contributed by atoms with Crippen molar-refractivity contribution in [3.05, 3.63) is 42.7 Å². The number of benzene rings is 1. The standard InChI is InChI=1S/C17H19N5O2/c23-16-10-13(11-21(16)14-4-2-1-3-5-14)17(24)20-9-6-15(12-20)22-18-7-8-19-22/h1-5,7-8,13,15H,6,9-12H2. The van der Waals surface area contributed by atoms with Gasteiger partial charge < -0.3 is 9.80 Å². The lowest BCUT2D eigenvalue weighted by Gasteiger charge is -2.21. The molecule has 2 aliphatic rings. The monoisotopic (exact) mass is 325 g/mol. The van der Waals surface area contributed by atoms with E-state index in [1.54, 1.807) is 22.1 Å². The molecule has 0 bridgehead atoms. The van der Waals surface area contributed by atoms with E-state index in [-0.39, 0.29) is 30.2 Å². The number of para-hydroxylation sites is 1. The van der Waals surface area contributed by atoms with Crippen molar-refractivity contribution in [3.8, 4) is 0 Å². The summed E-state index contributed by atoms with van der Waals surface area (Å²) >= 11 is 0. The van der Waals surface area contributed by atoms with Crippen molar-refractivity contribution in [2.45, 2.75) is 18.9 Å². The van der Waals surface area contributed by atoms with Gasteiger partial charge in [-0.1, -0.05) is 18.2 Å². The number of carbonyl (C=O) groups excluding carboxylic acids is 2. The van der Waals surface area contributed by atoms with E-state index in [9.17, 15) is 9.59 Å². The number of nitrogens with zero attached hydrogens (tertiary/aromatic N) is 5. The van der Waals surface area contributed by atoms with Crippen LogP contribution < -0.4 is 4.90 Å². The lowest BCUT2D eigenvalue weighted by molar-refractivity contribution is -0.134. The van der Waals surface area contributed by atoms with Gasteiger partial charge in [-0.3, -0.25) is 9.59 Å². The fourth-order valence-corrected chi connectivity index (χ4v) is 3.53. The number of anilines is 1. The zero-order chi connectivity index (χ0) is 16.5. The highest BCUT2D eigenvalue weighted by molar-refractivity contribution is 6.00. The number of likely N-dealkylation sites (tertiary alicyclic amines) is 1. The predicted molar refractivity (Wildman–Crippen MR) is 87.2 cm³/mol. The van der Waals surface area contributed by atoms with Crippen LogP contribution in [0.1, 0.15) is 18.9 Å². The second-order valence-corrected chi connectivity index (χ2v) is 6.32. The molecule has 2 aromatic rings. The summed E-state index contributed by atoms with van der Waals surface area (Å²) in [6.07, 6.45) is 4.44. The van der Waals surface area contributed by atoms with E-state index in [1.807, 2.05) is 35.2 Å². The molecular weight excluding hydrogens is 306 g/mol. The van der Waals surface area contributed by atoms with Crippen LogP contribution in [0.4, 0.5) is 5.69 Å². The van der Waals surface area contributed by atoms with Gasteiger partial charge in [0.15, 0.2) is 0 Å². The highest BCUT2D eigenvalue weighted by Crippen LogP contribution is 2.28. The summed E-state index contributed by atoms with van der Waals surface area (Å²) in [6, 6.07) is 9.66. The third-order valence-corrected chi connectivity index (χ3v) is 4.78. The fourth-order valence-electron chi connectivity index (χ4n) is 3.53. The summed E-state index contributed by atoms with van der Waals surface area (Å²) in [6.45, 7) is 1.77. The van der Waals surface area contributed by atoms with Crippen molar-refractivity contribution in [2.24, 2.45) is 5.92 Å². The van der Waals surface area contributed by atoms with E-state index in [2.05, 4.69) is 10.2 Å². The van der Waals surface area contributed by atoms with Crippen molar-refractivity contribution in [2.75, 3.05) is 24.5 Å². The van der Waals surface area contributed by atoms with Crippen molar-refractivity contribution in [3.63, 3.8) is 0 Å². The molecule has 2 unspecified atom stereocenters. The molecule has 7 heteroatoms. The molecule has 3 heterocycles. The summed E-state index contributed by atoms with van der Waals surface area (Å²) in [7, 11) is 0.